The fraction of sp³-hybridized carbons (Fsp3) is 0.448. The van der Waals surface area contributed by atoms with Gasteiger partial charge in [0, 0.05) is 31.8 Å². The zero-order valence-corrected chi connectivity index (χ0v) is 22.3. The van der Waals surface area contributed by atoms with Crippen molar-refractivity contribution in [2.75, 3.05) is 34.9 Å². The summed E-state index contributed by atoms with van der Waals surface area (Å²) >= 11 is 0. The number of carbonyl (C=O) groups excluding carboxylic acids is 2. The topological polar surface area (TPSA) is 68.3 Å². The molecule has 0 spiro atoms. The molecule has 0 N–H and O–H groups in total. The second-order valence-electron chi connectivity index (χ2n) is 9.15. The predicted octanol–water partition coefficient (Wildman–Crippen LogP) is 5.08. The van der Waals surface area contributed by atoms with Crippen LogP contribution in [0.2, 0.25) is 0 Å². The first kappa shape index (κ1) is 27.1. The van der Waals surface area contributed by atoms with Crippen LogP contribution in [0.1, 0.15) is 45.1 Å². The van der Waals surface area contributed by atoms with Crippen molar-refractivity contribution in [2.24, 2.45) is 0 Å². The summed E-state index contributed by atoms with van der Waals surface area (Å²) in [5, 5.41) is 0. The summed E-state index contributed by atoms with van der Waals surface area (Å²) in [7, 11) is 6.48. The zero-order valence-electron chi connectivity index (χ0n) is 22.3. The van der Waals surface area contributed by atoms with E-state index in [1.165, 1.54) is 0 Å². The Labute approximate surface area is 214 Å². The number of amides is 2. The van der Waals surface area contributed by atoms with E-state index in [0.717, 1.165) is 42.4 Å². The maximum Gasteiger partial charge on any atom is 0.251 e. The molecular formula is C29H38N2O5. The van der Waals surface area contributed by atoms with Gasteiger partial charge >= 0.3 is 0 Å². The summed E-state index contributed by atoms with van der Waals surface area (Å²) in [6.45, 7) is 4.57. The molecule has 0 radical (unpaired) electrons. The van der Waals surface area contributed by atoms with Crippen LogP contribution in [0.25, 0.3) is 11.1 Å². The van der Waals surface area contributed by atoms with Crippen molar-refractivity contribution in [3.05, 3.63) is 53.7 Å². The van der Waals surface area contributed by atoms with Crippen LogP contribution in [0.5, 0.6) is 17.2 Å². The molecular weight excluding hydrogens is 456 g/mol. The summed E-state index contributed by atoms with van der Waals surface area (Å²) in [6.07, 6.45) is 6.45. The van der Waals surface area contributed by atoms with Gasteiger partial charge in [-0.25, -0.2) is 0 Å². The molecule has 0 saturated heterocycles. The Kier molecular flexibility index (Phi) is 9.39. The Morgan fingerprint density at radius 3 is 2.06 bits per heavy atom. The van der Waals surface area contributed by atoms with E-state index in [0.29, 0.717) is 35.8 Å². The SMILES string of the molecule is CCCCCCN1C=C(C)C(=O)N(C)C(Cc2ccc(-c3cc(OC)c(OC)c(OC)c3)cc2)C1=O. The minimum atomic E-state index is -0.551. The van der Waals surface area contributed by atoms with E-state index >= 15 is 0 Å². The van der Waals surface area contributed by atoms with Crippen molar-refractivity contribution in [3.63, 3.8) is 0 Å². The molecule has 1 unspecified atom stereocenters. The third kappa shape index (κ3) is 6.01. The Bertz CT molecular complexity index is 1070. The molecule has 1 aliphatic rings. The van der Waals surface area contributed by atoms with Gasteiger partial charge in [0.1, 0.15) is 6.04 Å². The lowest BCUT2D eigenvalue weighted by atomic mass is 9.99. The Morgan fingerprint density at radius 2 is 1.50 bits per heavy atom. The first-order chi connectivity index (χ1) is 17.3. The first-order valence-electron chi connectivity index (χ1n) is 12.5. The minimum Gasteiger partial charge on any atom is -0.493 e. The lowest BCUT2D eigenvalue weighted by Gasteiger charge is -2.28. The largest absolute Gasteiger partial charge is 0.493 e. The number of likely N-dealkylation sites (N-methyl/N-ethyl adjacent to an activating group) is 1. The molecule has 0 aliphatic carbocycles. The molecule has 1 aliphatic heterocycles. The molecule has 2 aromatic carbocycles. The smallest absolute Gasteiger partial charge is 0.251 e. The molecule has 1 heterocycles. The highest BCUT2D eigenvalue weighted by Crippen LogP contribution is 2.41. The summed E-state index contributed by atoms with van der Waals surface area (Å²) in [5.41, 5.74) is 3.47. The van der Waals surface area contributed by atoms with Crippen molar-refractivity contribution in [1.82, 2.24) is 9.80 Å². The number of unbranched alkanes of at least 4 members (excludes halogenated alkanes) is 3. The second kappa shape index (κ2) is 12.5. The van der Waals surface area contributed by atoms with Crippen molar-refractivity contribution in [1.29, 1.82) is 0 Å². The summed E-state index contributed by atoms with van der Waals surface area (Å²) in [6, 6.07) is 11.3. The number of ether oxygens (including phenoxy) is 3. The molecule has 0 saturated carbocycles. The summed E-state index contributed by atoms with van der Waals surface area (Å²) in [4.78, 5) is 29.6. The van der Waals surface area contributed by atoms with Gasteiger partial charge in [-0.05, 0) is 42.2 Å². The van der Waals surface area contributed by atoms with Gasteiger partial charge in [0.2, 0.25) is 11.7 Å². The first-order valence-corrected chi connectivity index (χ1v) is 12.5. The maximum absolute atomic E-state index is 13.5. The molecule has 1 atom stereocenters. The van der Waals surface area contributed by atoms with E-state index in [-0.39, 0.29) is 11.8 Å². The lowest BCUT2D eigenvalue weighted by Crippen LogP contribution is -2.47. The highest BCUT2D eigenvalue weighted by atomic mass is 16.5. The normalized spacial score (nSPS) is 16.1. The van der Waals surface area contributed by atoms with Crippen LogP contribution < -0.4 is 14.2 Å². The third-order valence-corrected chi connectivity index (χ3v) is 6.68. The molecule has 36 heavy (non-hydrogen) atoms. The van der Waals surface area contributed by atoms with Gasteiger partial charge in [0.25, 0.3) is 5.91 Å². The maximum atomic E-state index is 13.5. The van der Waals surface area contributed by atoms with Gasteiger partial charge in [-0.15, -0.1) is 0 Å². The average Bonchev–Trinajstić information content (AvgIpc) is 2.97. The van der Waals surface area contributed by atoms with Crippen LogP contribution in [-0.2, 0) is 16.0 Å². The number of benzene rings is 2. The number of hydrogen-bond donors (Lipinski definition) is 0. The standard InChI is InChI=1S/C29H38N2O5/c1-7-8-9-10-15-31-19-20(2)28(32)30(3)24(29(31)33)16-21-11-13-22(14-12-21)23-17-25(34-4)27(36-6)26(18-23)35-5/h11-14,17-19,24H,7-10,15-16H2,1-6H3. The molecule has 194 valence electrons. The van der Waals surface area contributed by atoms with Crippen LogP contribution in [0, 0.1) is 0 Å². The second-order valence-corrected chi connectivity index (χ2v) is 9.15. The highest BCUT2D eigenvalue weighted by Gasteiger charge is 2.34. The van der Waals surface area contributed by atoms with E-state index in [9.17, 15) is 9.59 Å². The third-order valence-electron chi connectivity index (χ3n) is 6.68. The van der Waals surface area contributed by atoms with E-state index in [2.05, 4.69) is 6.92 Å². The van der Waals surface area contributed by atoms with Gasteiger partial charge in [-0.1, -0.05) is 50.5 Å². The molecule has 2 aromatic rings. The van der Waals surface area contributed by atoms with Crippen LogP contribution >= 0.6 is 0 Å². The molecule has 7 heteroatoms. The Morgan fingerprint density at radius 1 is 0.861 bits per heavy atom. The quantitative estimate of drug-likeness (QED) is 0.408. The number of hydrogen-bond acceptors (Lipinski definition) is 5. The highest BCUT2D eigenvalue weighted by molar-refractivity contribution is 5.99. The van der Waals surface area contributed by atoms with Crippen LogP contribution in [0.4, 0.5) is 0 Å². The molecule has 0 fully saturated rings. The van der Waals surface area contributed by atoms with Crippen molar-refractivity contribution in [3.8, 4) is 28.4 Å². The van der Waals surface area contributed by atoms with E-state index in [4.69, 9.17) is 14.2 Å². The molecule has 0 bridgehead atoms. The molecule has 2 amide bonds. The van der Waals surface area contributed by atoms with Crippen LogP contribution in [-0.4, -0.2) is 62.6 Å². The predicted molar refractivity (Wildman–Crippen MR) is 141 cm³/mol. The van der Waals surface area contributed by atoms with Gasteiger partial charge in [-0.2, -0.15) is 0 Å². The van der Waals surface area contributed by atoms with Gasteiger partial charge in [0.15, 0.2) is 11.5 Å². The number of methoxy groups -OCH3 is 3. The van der Waals surface area contributed by atoms with Crippen molar-refractivity contribution < 1.29 is 23.8 Å². The van der Waals surface area contributed by atoms with E-state index in [1.807, 2.05) is 36.4 Å². The van der Waals surface area contributed by atoms with Gasteiger partial charge < -0.3 is 24.0 Å². The van der Waals surface area contributed by atoms with E-state index in [1.54, 1.807) is 51.3 Å². The zero-order chi connectivity index (χ0) is 26.2. The molecule has 0 aromatic heterocycles. The molecule has 7 nitrogen and oxygen atoms in total. The minimum absolute atomic E-state index is 0.0343. The van der Waals surface area contributed by atoms with Gasteiger partial charge in [-0.3, -0.25) is 9.59 Å². The Hall–Kier alpha value is -3.48. The van der Waals surface area contributed by atoms with Crippen molar-refractivity contribution in [2.45, 2.75) is 52.0 Å². The van der Waals surface area contributed by atoms with Gasteiger partial charge in [0.05, 0.1) is 21.3 Å². The van der Waals surface area contributed by atoms with Crippen LogP contribution in [0.15, 0.2) is 48.2 Å². The number of carbonyl (C=O) groups is 2. The van der Waals surface area contributed by atoms with Crippen LogP contribution in [0.3, 0.4) is 0 Å². The number of nitrogens with zero attached hydrogens (tertiary/aromatic N) is 2. The van der Waals surface area contributed by atoms with Crippen molar-refractivity contribution >= 4 is 11.8 Å². The average molecular weight is 495 g/mol. The fourth-order valence-corrected chi connectivity index (χ4v) is 4.54. The Balaban J connectivity index is 1.82. The number of rotatable bonds is 11. The fourth-order valence-electron chi connectivity index (χ4n) is 4.54. The molecule has 3 rings (SSSR count). The monoisotopic (exact) mass is 494 g/mol. The lowest BCUT2D eigenvalue weighted by molar-refractivity contribution is -0.139. The van der Waals surface area contributed by atoms with E-state index < -0.39 is 6.04 Å². The summed E-state index contributed by atoms with van der Waals surface area (Å²) < 4.78 is 16.4. The summed E-state index contributed by atoms with van der Waals surface area (Å²) in [5.74, 6) is 1.57.